The molecule has 0 spiro atoms. The molecule has 0 aliphatic heterocycles. The molecule has 2 heteroatoms. The summed E-state index contributed by atoms with van der Waals surface area (Å²) >= 11 is 0. The first-order chi connectivity index (χ1) is 8.61. The number of para-hydroxylation sites is 1. The number of hydrogen-bond donors (Lipinski definition) is 1. The molecular formula is C16H21NO. The van der Waals surface area contributed by atoms with Gasteiger partial charge in [0.1, 0.15) is 11.5 Å². The molecular weight excluding hydrogens is 222 g/mol. The number of hydrogen-bond acceptors (Lipinski definition) is 2. The summed E-state index contributed by atoms with van der Waals surface area (Å²) < 4.78 is 5.67. The van der Waals surface area contributed by atoms with Crippen LogP contribution in [0.25, 0.3) is 0 Å². The molecule has 18 heavy (non-hydrogen) atoms. The molecule has 0 saturated carbocycles. The van der Waals surface area contributed by atoms with Gasteiger partial charge in [-0.1, -0.05) is 25.1 Å². The Morgan fingerprint density at radius 2 is 1.94 bits per heavy atom. The SMILES string of the molecule is CCc1cccc(C)c1NC(C)c1ccc(C)o1. The molecule has 0 aliphatic carbocycles. The van der Waals surface area contributed by atoms with Crippen LogP contribution in [0.15, 0.2) is 34.7 Å². The van der Waals surface area contributed by atoms with Crippen LogP contribution >= 0.6 is 0 Å². The van der Waals surface area contributed by atoms with Crippen molar-refractivity contribution in [3.8, 4) is 0 Å². The van der Waals surface area contributed by atoms with E-state index in [0.717, 1.165) is 17.9 Å². The summed E-state index contributed by atoms with van der Waals surface area (Å²) in [5.74, 6) is 1.94. The summed E-state index contributed by atoms with van der Waals surface area (Å²) in [5.41, 5.74) is 3.87. The van der Waals surface area contributed by atoms with Crippen LogP contribution in [0.1, 0.15) is 42.5 Å². The second kappa shape index (κ2) is 5.30. The predicted octanol–water partition coefficient (Wildman–Crippen LogP) is 4.63. The summed E-state index contributed by atoms with van der Waals surface area (Å²) in [6.07, 6.45) is 1.04. The summed E-state index contributed by atoms with van der Waals surface area (Å²) in [4.78, 5) is 0. The fraction of sp³-hybridized carbons (Fsp3) is 0.375. The van der Waals surface area contributed by atoms with Crippen LogP contribution in [0, 0.1) is 13.8 Å². The maximum atomic E-state index is 5.67. The first-order valence-electron chi connectivity index (χ1n) is 6.53. The second-order valence-corrected chi connectivity index (χ2v) is 4.78. The lowest BCUT2D eigenvalue weighted by Gasteiger charge is -2.18. The lowest BCUT2D eigenvalue weighted by molar-refractivity contribution is 0.467. The minimum Gasteiger partial charge on any atom is -0.464 e. The smallest absolute Gasteiger partial charge is 0.126 e. The monoisotopic (exact) mass is 243 g/mol. The highest BCUT2D eigenvalue weighted by Crippen LogP contribution is 2.27. The van der Waals surface area contributed by atoms with E-state index >= 15 is 0 Å². The normalized spacial score (nSPS) is 12.4. The first-order valence-corrected chi connectivity index (χ1v) is 6.53. The number of anilines is 1. The van der Waals surface area contributed by atoms with Gasteiger partial charge in [-0.3, -0.25) is 0 Å². The second-order valence-electron chi connectivity index (χ2n) is 4.78. The van der Waals surface area contributed by atoms with Crippen LogP contribution in [0.4, 0.5) is 5.69 Å². The Bertz CT molecular complexity index is 528. The quantitative estimate of drug-likeness (QED) is 0.846. The zero-order valence-corrected chi connectivity index (χ0v) is 11.6. The van der Waals surface area contributed by atoms with Crippen molar-refractivity contribution in [1.29, 1.82) is 0 Å². The van der Waals surface area contributed by atoms with Crippen molar-refractivity contribution in [2.24, 2.45) is 0 Å². The van der Waals surface area contributed by atoms with Crippen LogP contribution in [0.3, 0.4) is 0 Å². The van der Waals surface area contributed by atoms with Gasteiger partial charge in [-0.15, -0.1) is 0 Å². The largest absolute Gasteiger partial charge is 0.464 e. The van der Waals surface area contributed by atoms with Crippen molar-refractivity contribution in [2.75, 3.05) is 5.32 Å². The lowest BCUT2D eigenvalue weighted by Crippen LogP contribution is -2.08. The number of rotatable bonds is 4. The van der Waals surface area contributed by atoms with Crippen molar-refractivity contribution in [3.05, 3.63) is 53.0 Å². The van der Waals surface area contributed by atoms with E-state index in [9.17, 15) is 0 Å². The van der Waals surface area contributed by atoms with E-state index in [1.165, 1.54) is 16.8 Å². The molecule has 1 unspecified atom stereocenters. The Kier molecular flexibility index (Phi) is 3.75. The van der Waals surface area contributed by atoms with E-state index < -0.39 is 0 Å². The Morgan fingerprint density at radius 3 is 2.56 bits per heavy atom. The molecule has 0 saturated heterocycles. The molecule has 1 aromatic carbocycles. The van der Waals surface area contributed by atoms with E-state index in [0.29, 0.717) is 0 Å². The zero-order valence-electron chi connectivity index (χ0n) is 11.6. The topological polar surface area (TPSA) is 25.2 Å². The summed E-state index contributed by atoms with van der Waals surface area (Å²) in [7, 11) is 0. The maximum Gasteiger partial charge on any atom is 0.126 e. The molecule has 0 radical (unpaired) electrons. The standard InChI is InChI=1S/C16H21NO/c1-5-14-8-6-7-11(2)16(14)17-13(4)15-10-9-12(3)18-15/h6-10,13,17H,5H2,1-4H3. The van der Waals surface area contributed by atoms with Gasteiger partial charge in [-0.2, -0.15) is 0 Å². The van der Waals surface area contributed by atoms with Crippen LogP contribution in [0.2, 0.25) is 0 Å². The molecule has 1 atom stereocenters. The van der Waals surface area contributed by atoms with Gasteiger partial charge in [0.05, 0.1) is 6.04 Å². The van der Waals surface area contributed by atoms with Gasteiger partial charge in [0.15, 0.2) is 0 Å². The third-order valence-electron chi connectivity index (χ3n) is 3.29. The van der Waals surface area contributed by atoms with Gasteiger partial charge in [-0.05, 0) is 50.5 Å². The summed E-state index contributed by atoms with van der Waals surface area (Å²) in [6.45, 7) is 8.43. The molecule has 1 N–H and O–H groups in total. The lowest BCUT2D eigenvalue weighted by atomic mass is 10.0. The van der Waals surface area contributed by atoms with Gasteiger partial charge in [-0.25, -0.2) is 0 Å². The van der Waals surface area contributed by atoms with Gasteiger partial charge in [0.25, 0.3) is 0 Å². The van der Waals surface area contributed by atoms with Crippen molar-refractivity contribution in [3.63, 3.8) is 0 Å². The molecule has 0 fully saturated rings. The molecule has 1 aromatic heterocycles. The Morgan fingerprint density at radius 1 is 1.17 bits per heavy atom. The van der Waals surface area contributed by atoms with E-state index in [1.54, 1.807) is 0 Å². The van der Waals surface area contributed by atoms with E-state index in [4.69, 9.17) is 4.42 Å². The van der Waals surface area contributed by atoms with Crippen LogP contribution in [-0.4, -0.2) is 0 Å². The zero-order chi connectivity index (χ0) is 13.1. The molecule has 2 aromatic rings. The molecule has 1 heterocycles. The van der Waals surface area contributed by atoms with Gasteiger partial charge >= 0.3 is 0 Å². The Labute approximate surface area is 109 Å². The Balaban J connectivity index is 2.23. The van der Waals surface area contributed by atoms with Gasteiger partial charge in [0, 0.05) is 5.69 Å². The molecule has 2 rings (SSSR count). The highest BCUT2D eigenvalue weighted by atomic mass is 16.3. The molecule has 2 nitrogen and oxygen atoms in total. The molecule has 0 bridgehead atoms. The Hall–Kier alpha value is -1.70. The third-order valence-corrected chi connectivity index (χ3v) is 3.29. The number of aryl methyl sites for hydroxylation is 3. The van der Waals surface area contributed by atoms with Crippen molar-refractivity contribution >= 4 is 5.69 Å². The van der Waals surface area contributed by atoms with Crippen molar-refractivity contribution in [2.45, 2.75) is 40.2 Å². The van der Waals surface area contributed by atoms with Crippen LogP contribution in [-0.2, 0) is 6.42 Å². The predicted molar refractivity (Wildman–Crippen MR) is 76.0 cm³/mol. The van der Waals surface area contributed by atoms with E-state index in [2.05, 4.69) is 44.3 Å². The molecule has 0 amide bonds. The number of nitrogens with one attached hydrogen (secondary N) is 1. The van der Waals surface area contributed by atoms with Gasteiger partial charge in [0.2, 0.25) is 0 Å². The summed E-state index contributed by atoms with van der Waals surface area (Å²) in [5, 5.41) is 3.57. The van der Waals surface area contributed by atoms with Crippen LogP contribution < -0.4 is 5.32 Å². The average Bonchev–Trinajstić information content (AvgIpc) is 2.78. The van der Waals surface area contributed by atoms with E-state index in [1.807, 2.05) is 19.1 Å². The van der Waals surface area contributed by atoms with Crippen molar-refractivity contribution in [1.82, 2.24) is 0 Å². The maximum absolute atomic E-state index is 5.67. The number of furan rings is 1. The van der Waals surface area contributed by atoms with Crippen LogP contribution in [0.5, 0.6) is 0 Å². The minimum atomic E-state index is 0.185. The molecule has 0 aliphatic rings. The molecule has 96 valence electrons. The fourth-order valence-corrected chi connectivity index (χ4v) is 2.20. The number of benzene rings is 1. The highest BCUT2D eigenvalue weighted by molar-refractivity contribution is 5.58. The first kappa shape index (κ1) is 12.7. The third kappa shape index (κ3) is 2.58. The average molecular weight is 243 g/mol. The van der Waals surface area contributed by atoms with E-state index in [-0.39, 0.29) is 6.04 Å². The van der Waals surface area contributed by atoms with Crippen molar-refractivity contribution < 1.29 is 4.42 Å². The minimum absolute atomic E-state index is 0.185. The fourth-order valence-electron chi connectivity index (χ4n) is 2.20. The highest BCUT2D eigenvalue weighted by Gasteiger charge is 2.12. The summed E-state index contributed by atoms with van der Waals surface area (Å²) in [6, 6.07) is 10.7. The van der Waals surface area contributed by atoms with Gasteiger partial charge < -0.3 is 9.73 Å².